The maximum Gasteiger partial charge on any atom is 0.117 e. The molecule has 0 saturated heterocycles. The molecular formula is C11H14N2O. The lowest BCUT2D eigenvalue weighted by Gasteiger charge is -2.02. The van der Waals surface area contributed by atoms with Gasteiger partial charge in [0.15, 0.2) is 0 Å². The third-order valence-electron chi connectivity index (χ3n) is 2.44. The average Bonchev–Trinajstić information content (AvgIpc) is 2.44. The van der Waals surface area contributed by atoms with Crippen LogP contribution < -0.4 is 5.73 Å². The van der Waals surface area contributed by atoms with E-state index in [9.17, 15) is 5.11 Å². The summed E-state index contributed by atoms with van der Waals surface area (Å²) in [5, 5.41) is 10.6. The molecule has 1 heterocycles. The molecule has 14 heavy (non-hydrogen) atoms. The highest BCUT2D eigenvalue weighted by Gasteiger charge is 2.04. The summed E-state index contributed by atoms with van der Waals surface area (Å²) in [7, 11) is 0. The van der Waals surface area contributed by atoms with Gasteiger partial charge >= 0.3 is 0 Å². The Balaban J connectivity index is 2.66. The average molecular weight is 190 g/mol. The lowest BCUT2D eigenvalue weighted by atomic mass is 10.2. The van der Waals surface area contributed by atoms with E-state index in [1.807, 2.05) is 6.07 Å². The van der Waals surface area contributed by atoms with Crippen LogP contribution >= 0.6 is 0 Å². The molecule has 0 aliphatic heterocycles. The van der Waals surface area contributed by atoms with Gasteiger partial charge in [-0.15, -0.1) is 0 Å². The van der Waals surface area contributed by atoms with Crippen LogP contribution in [-0.4, -0.2) is 16.2 Å². The van der Waals surface area contributed by atoms with Crippen LogP contribution in [0.3, 0.4) is 0 Å². The molecule has 0 bridgehead atoms. The first-order chi connectivity index (χ1) is 6.72. The van der Waals surface area contributed by atoms with Gasteiger partial charge in [-0.2, -0.15) is 0 Å². The first kappa shape index (κ1) is 9.09. The number of hydrogen-bond donors (Lipinski definition) is 2. The molecule has 0 aliphatic rings. The summed E-state index contributed by atoms with van der Waals surface area (Å²) in [5.41, 5.74) is 7.78. The fourth-order valence-electron chi connectivity index (χ4n) is 1.79. The molecule has 0 spiro atoms. The normalized spacial score (nSPS) is 11.0. The Hall–Kier alpha value is -1.48. The molecule has 0 fully saturated rings. The zero-order valence-electron chi connectivity index (χ0n) is 8.20. The summed E-state index contributed by atoms with van der Waals surface area (Å²) < 4.78 is 2.07. The molecule has 1 aromatic heterocycles. The van der Waals surface area contributed by atoms with Crippen molar-refractivity contribution in [3.05, 3.63) is 30.0 Å². The topological polar surface area (TPSA) is 51.2 Å². The molecule has 3 N–H and O–H groups in total. The maximum atomic E-state index is 9.39. The van der Waals surface area contributed by atoms with Gasteiger partial charge in [0.05, 0.1) is 5.52 Å². The van der Waals surface area contributed by atoms with Gasteiger partial charge in [-0.3, -0.25) is 0 Å². The van der Waals surface area contributed by atoms with Crippen molar-refractivity contribution >= 4 is 10.9 Å². The fourth-order valence-corrected chi connectivity index (χ4v) is 1.79. The SMILES string of the molecule is Cc1cn(CCN)c2cc(O)ccc12. The Kier molecular flexibility index (Phi) is 2.17. The second-order valence-corrected chi connectivity index (χ2v) is 3.50. The van der Waals surface area contributed by atoms with Crippen LogP contribution in [-0.2, 0) is 6.54 Å². The zero-order valence-corrected chi connectivity index (χ0v) is 8.20. The quantitative estimate of drug-likeness (QED) is 0.756. The Morgan fingerprint density at radius 3 is 2.93 bits per heavy atom. The second kappa shape index (κ2) is 3.35. The molecule has 3 heteroatoms. The number of rotatable bonds is 2. The van der Waals surface area contributed by atoms with Crippen LogP contribution in [0.4, 0.5) is 0 Å². The van der Waals surface area contributed by atoms with E-state index < -0.39 is 0 Å². The van der Waals surface area contributed by atoms with Crippen molar-refractivity contribution in [1.82, 2.24) is 4.57 Å². The van der Waals surface area contributed by atoms with E-state index in [0.29, 0.717) is 12.3 Å². The standard InChI is InChI=1S/C11H14N2O/c1-8-7-13(5-4-12)11-6-9(14)2-3-10(8)11/h2-3,6-7,14H,4-5,12H2,1H3. The number of benzene rings is 1. The summed E-state index contributed by atoms with van der Waals surface area (Å²) in [4.78, 5) is 0. The van der Waals surface area contributed by atoms with Gasteiger partial charge in [-0.05, 0) is 24.6 Å². The van der Waals surface area contributed by atoms with E-state index in [1.54, 1.807) is 12.1 Å². The van der Waals surface area contributed by atoms with Gasteiger partial charge in [0.25, 0.3) is 0 Å². The molecule has 0 unspecified atom stereocenters. The van der Waals surface area contributed by atoms with E-state index in [4.69, 9.17) is 5.73 Å². The summed E-state index contributed by atoms with van der Waals surface area (Å²) >= 11 is 0. The molecule has 0 atom stereocenters. The molecule has 0 radical (unpaired) electrons. The maximum absolute atomic E-state index is 9.39. The number of phenols is 1. The van der Waals surface area contributed by atoms with Crippen molar-refractivity contribution in [3.8, 4) is 5.75 Å². The molecule has 74 valence electrons. The van der Waals surface area contributed by atoms with Crippen molar-refractivity contribution < 1.29 is 5.11 Å². The van der Waals surface area contributed by atoms with Gasteiger partial charge in [0.2, 0.25) is 0 Å². The monoisotopic (exact) mass is 190 g/mol. The van der Waals surface area contributed by atoms with Gasteiger partial charge < -0.3 is 15.4 Å². The Morgan fingerprint density at radius 2 is 2.21 bits per heavy atom. The van der Waals surface area contributed by atoms with Crippen molar-refractivity contribution in [1.29, 1.82) is 0 Å². The first-order valence-electron chi connectivity index (χ1n) is 4.71. The number of nitrogens with two attached hydrogens (primary N) is 1. The zero-order chi connectivity index (χ0) is 10.1. The number of fused-ring (bicyclic) bond motifs is 1. The van der Waals surface area contributed by atoms with E-state index in [1.165, 1.54) is 10.9 Å². The predicted molar refractivity (Wildman–Crippen MR) is 57.4 cm³/mol. The molecule has 2 aromatic rings. The molecule has 2 rings (SSSR count). The van der Waals surface area contributed by atoms with Gasteiger partial charge in [-0.1, -0.05) is 0 Å². The van der Waals surface area contributed by atoms with Crippen LogP contribution in [0.15, 0.2) is 24.4 Å². The molecule has 0 amide bonds. The first-order valence-corrected chi connectivity index (χ1v) is 4.71. The van der Waals surface area contributed by atoms with Crippen molar-refractivity contribution in [2.45, 2.75) is 13.5 Å². The molecular weight excluding hydrogens is 176 g/mol. The number of nitrogens with zero attached hydrogens (tertiary/aromatic N) is 1. The second-order valence-electron chi connectivity index (χ2n) is 3.50. The Morgan fingerprint density at radius 1 is 1.43 bits per heavy atom. The number of phenolic OH excluding ortho intramolecular Hbond substituents is 1. The minimum Gasteiger partial charge on any atom is -0.508 e. The summed E-state index contributed by atoms with van der Waals surface area (Å²) in [5.74, 6) is 0.300. The summed E-state index contributed by atoms with van der Waals surface area (Å²) in [6, 6.07) is 5.42. The number of aryl methyl sites for hydroxylation is 1. The lowest BCUT2D eigenvalue weighted by molar-refractivity contribution is 0.476. The van der Waals surface area contributed by atoms with Crippen LogP contribution in [0.2, 0.25) is 0 Å². The van der Waals surface area contributed by atoms with Gasteiger partial charge in [0, 0.05) is 30.7 Å². The third kappa shape index (κ3) is 1.36. The van der Waals surface area contributed by atoms with Crippen LogP contribution in [0.1, 0.15) is 5.56 Å². The minimum absolute atomic E-state index is 0.300. The van der Waals surface area contributed by atoms with E-state index in [2.05, 4.69) is 17.7 Å². The van der Waals surface area contributed by atoms with Crippen LogP contribution in [0.5, 0.6) is 5.75 Å². The summed E-state index contributed by atoms with van der Waals surface area (Å²) in [6.45, 7) is 3.46. The Labute approximate surface area is 82.8 Å². The van der Waals surface area contributed by atoms with Crippen LogP contribution in [0, 0.1) is 6.92 Å². The van der Waals surface area contributed by atoms with Crippen LogP contribution in [0.25, 0.3) is 10.9 Å². The minimum atomic E-state index is 0.300. The smallest absolute Gasteiger partial charge is 0.117 e. The van der Waals surface area contributed by atoms with Gasteiger partial charge in [0.1, 0.15) is 5.75 Å². The van der Waals surface area contributed by atoms with Crippen molar-refractivity contribution in [2.75, 3.05) is 6.54 Å². The van der Waals surface area contributed by atoms with Gasteiger partial charge in [-0.25, -0.2) is 0 Å². The number of hydrogen-bond acceptors (Lipinski definition) is 2. The molecule has 0 saturated carbocycles. The fraction of sp³-hybridized carbons (Fsp3) is 0.273. The Bertz CT molecular complexity index is 460. The highest BCUT2D eigenvalue weighted by Crippen LogP contribution is 2.24. The number of aromatic nitrogens is 1. The summed E-state index contributed by atoms with van der Waals surface area (Å²) in [6.07, 6.45) is 2.07. The highest BCUT2D eigenvalue weighted by molar-refractivity contribution is 5.84. The van der Waals surface area contributed by atoms with Crippen molar-refractivity contribution in [3.63, 3.8) is 0 Å². The highest BCUT2D eigenvalue weighted by atomic mass is 16.3. The molecule has 0 aliphatic carbocycles. The molecule has 3 nitrogen and oxygen atoms in total. The van der Waals surface area contributed by atoms with E-state index in [-0.39, 0.29) is 0 Å². The number of aromatic hydroxyl groups is 1. The lowest BCUT2D eigenvalue weighted by Crippen LogP contribution is -2.08. The third-order valence-corrected chi connectivity index (χ3v) is 2.44. The van der Waals surface area contributed by atoms with E-state index in [0.717, 1.165) is 12.1 Å². The molecule has 1 aromatic carbocycles. The largest absolute Gasteiger partial charge is 0.508 e. The predicted octanol–water partition coefficient (Wildman–Crippen LogP) is 1.61. The van der Waals surface area contributed by atoms with Crippen molar-refractivity contribution in [2.24, 2.45) is 5.73 Å². The van der Waals surface area contributed by atoms with E-state index >= 15 is 0 Å².